The van der Waals surface area contributed by atoms with Crippen LogP contribution in [0.1, 0.15) is 87.1 Å². The highest BCUT2D eigenvalue weighted by molar-refractivity contribution is 9.10. The van der Waals surface area contributed by atoms with E-state index in [1.54, 1.807) is 19.3 Å². The van der Waals surface area contributed by atoms with E-state index in [9.17, 15) is 9.59 Å². The van der Waals surface area contributed by atoms with Crippen molar-refractivity contribution in [3.63, 3.8) is 0 Å². The number of fused-ring (bicyclic) bond motifs is 2. The Hall–Kier alpha value is -3.91. The van der Waals surface area contributed by atoms with Crippen molar-refractivity contribution in [3.05, 3.63) is 75.1 Å². The van der Waals surface area contributed by atoms with Crippen LogP contribution in [0.2, 0.25) is 0 Å². The van der Waals surface area contributed by atoms with Crippen LogP contribution < -0.4 is 9.64 Å². The predicted molar refractivity (Wildman–Crippen MR) is 167 cm³/mol. The molecule has 5 rings (SSSR count). The number of benzene rings is 1. The SMILES string of the molecule is [C-]#[N+]c1cnc(C(C)N2CC3(CCC3)c3c(Br)cc(Cn4ccnc4N(C)C(=O)OC(C)(C)C)cc3C2=O)cc1OCC. The largest absolute Gasteiger partial charge is 0.505 e. The Morgan fingerprint density at radius 3 is 2.63 bits per heavy atom. The Balaban J connectivity index is 1.47. The van der Waals surface area contributed by atoms with Crippen molar-refractivity contribution in [1.82, 2.24) is 19.4 Å². The molecule has 1 aliphatic carbocycles. The fraction of sp³-hybridized carbons (Fsp3) is 0.469. The van der Waals surface area contributed by atoms with Crippen molar-refractivity contribution in [3.8, 4) is 5.75 Å². The van der Waals surface area contributed by atoms with Crippen LogP contribution >= 0.6 is 15.9 Å². The molecule has 0 saturated heterocycles. The maximum atomic E-state index is 14.2. The molecule has 0 bridgehead atoms. The van der Waals surface area contributed by atoms with Gasteiger partial charge in [0, 0.05) is 47.6 Å². The second-order valence-electron chi connectivity index (χ2n) is 12.3. The molecule has 2 aliphatic rings. The van der Waals surface area contributed by atoms with Crippen LogP contribution in [0.25, 0.3) is 4.85 Å². The topological polar surface area (TPSA) is 94.2 Å². The number of carbonyl (C=O) groups is 2. The Bertz CT molecular complexity index is 1600. The number of halogens is 1. The van der Waals surface area contributed by atoms with Gasteiger partial charge in [0.25, 0.3) is 5.91 Å². The minimum Gasteiger partial charge on any atom is -0.505 e. The monoisotopic (exact) mass is 648 g/mol. The minimum atomic E-state index is -0.633. The summed E-state index contributed by atoms with van der Waals surface area (Å²) in [5, 5.41) is 0. The average molecular weight is 650 g/mol. The summed E-state index contributed by atoms with van der Waals surface area (Å²) in [6.07, 6.45) is 7.57. The fourth-order valence-corrected chi connectivity index (χ4v) is 6.87. The predicted octanol–water partition coefficient (Wildman–Crippen LogP) is 7.05. The molecule has 10 nitrogen and oxygen atoms in total. The second kappa shape index (κ2) is 11.6. The van der Waals surface area contributed by atoms with Crippen LogP contribution in [0.15, 0.2) is 41.3 Å². The van der Waals surface area contributed by atoms with E-state index in [-0.39, 0.29) is 17.4 Å². The van der Waals surface area contributed by atoms with Crippen molar-refractivity contribution < 1.29 is 19.1 Å². The lowest BCUT2D eigenvalue weighted by molar-refractivity contribution is 0.0484. The summed E-state index contributed by atoms with van der Waals surface area (Å²) in [6, 6.07) is 5.51. The standard InChI is InChI=1S/C32H37BrN6O4/c1-8-42-26-16-24(36-17-25(26)34-6)20(2)39-19-32(10-9-11-32)27-22(28(39)40)14-21(15-23(27)33)18-38-13-12-35-29(38)37(7)30(41)43-31(3,4)5/h12-17,20H,8-11,18-19H2,1-5,7H3. The summed E-state index contributed by atoms with van der Waals surface area (Å²) in [5.41, 5.74) is 2.92. The van der Waals surface area contributed by atoms with Crippen LogP contribution in [0, 0.1) is 6.57 Å². The number of nitrogens with zero attached hydrogens (tertiary/aromatic N) is 6. The van der Waals surface area contributed by atoms with Gasteiger partial charge in [-0.1, -0.05) is 22.4 Å². The average Bonchev–Trinajstić information content (AvgIpc) is 3.39. The van der Waals surface area contributed by atoms with Gasteiger partial charge >= 0.3 is 6.09 Å². The number of anilines is 1. The highest BCUT2D eigenvalue weighted by Gasteiger charge is 2.49. The molecule has 1 spiro atoms. The third-order valence-electron chi connectivity index (χ3n) is 8.15. The van der Waals surface area contributed by atoms with Crippen LogP contribution in [0.5, 0.6) is 5.75 Å². The van der Waals surface area contributed by atoms with Crippen molar-refractivity contribution >= 4 is 39.6 Å². The van der Waals surface area contributed by atoms with Gasteiger partial charge in [-0.25, -0.2) is 14.6 Å². The van der Waals surface area contributed by atoms with Gasteiger partial charge in [0.1, 0.15) is 11.4 Å². The van der Waals surface area contributed by atoms with E-state index < -0.39 is 11.7 Å². The highest BCUT2D eigenvalue weighted by atomic mass is 79.9. The van der Waals surface area contributed by atoms with E-state index in [0.717, 1.165) is 34.9 Å². The summed E-state index contributed by atoms with van der Waals surface area (Å²) in [6.45, 7) is 18.2. The zero-order chi connectivity index (χ0) is 31.1. The summed E-state index contributed by atoms with van der Waals surface area (Å²) < 4.78 is 14.0. The quantitative estimate of drug-likeness (QED) is 0.255. The molecule has 3 heterocycles. The normalized spacial score (nSPS) is 16.2. The molecular formula is C32H37BrN6O4. The summed E-state index contributed by atoms with van der Waals surface area (Å²) in [5.74, 6) is 0.863. The number of amides is 2. The number of ether oxygens (including phenoxy) is 2. The maximum Gasteiger partial charge on any atom is 0.416 e. The van der Waals surface area contributed by atoms with Crippen LogP contribution in [-0.4, -0.2) is 57.2 Å². The van der Waals surface area contributed by atoms with Gasteiger partial charge in [0.15, 0.2) is 0 Å². The maximum absolute atomic E-state index is 14.2. The van der Waals surface area contributed by atoms with Crippen molar-refractivity contribution in [2.45, 2.75) is 77.5 Å². The van der Waals surface area contributed by atoms with E-state index in [1.807, 2.05) is 56.3 Å². The molecule has 43 heavy (non-hydrogen) atoms. The minimum absolute atomic E-state index is 0.0617. The molecule has 1 saturated carbocycles. The molecule has 226 valence electrons. The third-order valence-corrected chi connectivity index (χ3v) is 8.78. The summed E-state index contributed by atoms with van der Waals surface area (Å²) in [7, 11) is 1.63. The van der Waals surface area contributed by atoms with Gasteiger partial charge in [0.05, 0.1) is 31.5 Å². The smallest absolute Gasteiger partial charge is 0.416 e. The van der Waals surface area contributed by atoms with Crippen molar-refractivity contribution in [1.29, 1.82) is 0 Å². The molecule has 1 fully saturated rings. The van der Waals surface area contributed by atoms with Crippen molar-refractivity contribution in [2.24, 2.45) is 0 Å². The van der Waals surface area contributed by atoms with Gasteiger partial charge in [-0.2, -0.15) is 0 Å². The molecule has 3 aromatic rings. The molecule has 11 heteroatoms. The third kappa shape index (κ3) is 5.85. The first-order chi connectivity index (χ1) is 20.4. The number of rotatable bonds is 7. The molecule has 1 atom stereocenters. The Morgan fingerprint density at radius 2 is 2.00 bits per heavy atom. The Morgan fingerprint density at radius 1 is 1.26 bits per heavy atom. The number of hydrogen-bond donors (Lipinski definition) is 0. The lowest BCUT2D eigenvalue weighted by Gasteiger charge is -2.51. The second-order valence-corrected chi connectivity index (χ2v) is 13.1. The number of hydrogen-bond acceptors (Lipinski definition) is 6. The number of pyridine rings is 1. The molecule has 2 amide bonds. The molecular weight excluding hydrogens is 612 g/mol. The molecule has 0 N–H and O–H groups in total. The van der Waals surface area contributed by atoms with E-state index >= 15 is 0 Å². The number of aromatic nitrogens is 3. The highest BCUT2D eigenvalue weighted by Crippen LogP contribution is 2.52. The summed E-state index contributed by atoms with van der Waals surface area (Å²) >= 11 is 3.83. The molecule has 0 radical (unpaired) electrons. The summed E-state index contributed by atoms with van der Waals surface area (Å²) in [4.78, 5) is 42.7. The van der Waals surface area contributed by atoms with Crippen LogP contribution in [0.3, 0.4) is 0 Å². The van der Waals surface area contributed by atoms with Crippen LogP contribution in [-0.2, 0) is 16.7 Å². The number of imidazole rings is 1. The van der Waals surface area contributed by atoms with Gasteiger partial charge < -0.3 is 18.9 Å². The fourth-order valence-electron chi connectivity index (χ4n) is 5.94. The van der Waals surface area contributed by atoms with Gasteiger partial charge in [-0.05, 0) is 76.8 Å². The van der Waals surface area contributed by atoms with Gasteiger partial charge in [-0.3, -0.25) is 14.7 Å². The molecule has 1 aromatic carbocycles. The lowest BCUT2D eigenvalue weighted by atomic mass is 9.61. The van der Waals surface area contributed by atoms with E-state index in [2.05, 4.69) is 36.8 Å². The zero-order valence-electron chi connectivity index (χ0n) is 25.5. The Labute approximate surface area is 261 Å². The molecule has 1 aliphatic heterocycles. The first-order valence-electron chi connectivity index (χ1n) is 14.5. The molecule has 2 aromatic heterocycles. The van der Waals surface area contributed by atoms with E-state index in [1.165, 1.54) is 11.1 Å². The van der Waals surface area contributed by atoms with Gasteiger partial charge in [-0.15, -0.1) is 0 Å². The van der Waals surface area contributed by atoms with Crippen molar-refractivity contribution in [2.75, 3.05) is 25.1 Å². The lowest BCUT2D eigenvalue weighted by Crippen LogP contribution is -2.53. The van der Waals surface area contributed by atoms with Crippen LogP contribution in [0.4, 0.5) is 16.4 Å². The van der Waals surface area contributed by atoms with Gasteiger partial charge in [0.2, 0.25) is 11.6 Å². The number of carbonyl (C=O) groups excluding carboxylic acids is 2. The van der Waals surface area contributed by atoms with E-state index in [4.69, 9.17) is 16.0 Å². The zero-order valence-corrected chi connectivity index (χ0v) is 27.1. The van der Waals surface area contributed by atoms with E-state index in [0.29, 0.717) is 48.3 Å². The first kappa shape index (κ1) is 30.5. The Kier molecular flexibility index (Phi) is 8.27. The molecule has 1 unspecified atom stereocenters. The first-order valence-corrected chi connectivity index (χ1v) is 15.3.